The summed E-state index contributed by atoms with van der Waals surface area (Å²) in [6.07, 6.45) is 0. The van der Waals surface area contributed by atoms with Gasteiger partial charge in [0.25, 0.3) is 0 Å². The highest BCUT2D eigenvalue weighted by molar-refractivity contribution is 6.27. The molecule has 1 heterocycles. The molecule has 0 aromatic rings. The fourth-order valence-electron chi connectivity index (χ4n) is 1.01. The number of hydrogen-bond donors (Lipinski definition) is 0. The summed E-state index contributed by atoms with van der Waals surface area (Å²) in [5, 5.41) is 0. The average Bonchev–Trinajstić information content (AvgIpc) is 1.81. The van der Waals surface area contributed by atoms with Gasteiger partial charge in [-0.25, -0.2) is 4.39 Å². The fraction of sp³-hybridized carbons (Fsp3) is 0.833. The first-order valence-corrected chi connectivity index (χ1v) is 3.61. The maximum atomic E-state index is 12.7. The van der Waals surface area contributed by atoms with Crippen LogP contribution in [-0.4, -0.2) is 35.4 Å². The van der Waals surface area contributed by atoms with Crippen LogP contribution in [0.15, 0.2) is 0 Å². The normalized spacial score (nSPS) is 22.1. The molecule has 0 saturated carbocycles. The Kier molecular flexibility index (Phi) is 1.86. The minimum absolute atomic E-state index is 0.0456. The van der Waals surface area contributed by atoms with Crippen molar-refractivity contribution in [2.45, 2.75) is 12.6 Å². The number of amides is 1. The van der Waals surface area contributed by atoms with Crippen molar-refractivity contribution < 1.29 is 9.18 Å². The molecule has 4 heteroatoms. The van der Waals surface area contributed by atoms with Crippen molar-refractivity contribution in [3.05, 3.63) is 0 Å². The minimum atomic E-state index is -1.18. The molecule has 1 saturated heterocycles. The van der Waals surface area contributed by atoms with Crippen LogP contribution in [0.5, 0.6) is 0 Å². The molecule has 1 aliphatic heterocycles. The molecule has 2 nitrogen and oxygen atoms in total. The second kappa shape index (κ2) is 2.38. The molecule has 0 aliphatic carbocycles. The second-order valence-corrected chi connectivity index (χ2v) is 3.06. The van der Waals surface area contributed by atoms with E-state index in [1.807, 2.05) is 0 Å². The Hall–Kier alpha value is -0.310. The summed E-state index contributed by atoms with van der Waals surface area (Å²) < 4.78 is 12.7. The first-order valence-electron chi connectivity index (χ1n) is 3.08. The van der Waals surface area contributed by atoms with Gasteiger partial charge in [0, 0.05) is 0 Å². The Morgan fingerprint density at radius 3 is 2.60 bits per heavy atom. The number of hydrogen-bond acceptors (Lipinski definition) is 1. The molecule has 0 bridgehead atoms. The van der Waals surface area contributed by atoms with Crippen LogP contribution in [0.3, 0.4) is 0 Å². The molecule has 1 fully saturated rings. The van der Waals surface area contributed by atoms with Gasteiger partial charge in [-0.05, 0) is 6.92 Å². The number of halogens is 2. The van der Waals surface area contributed by atoms with Crippen molar-refractivity contribution in [2.24, 2.45) is 0 Å². The zero-order valence-corrected chi connectivity index (χ0v) is 6.49. The first kappa shape index (κ1) is 7.79. The van der Waals surface area contributed by atoms with E-state index in [1.165, 1.54) is 11.8 Å². The highest BCUT2D eigenvalue weighted by atomic mass is 35.5. The number of rotatable bonds is 1. The van der Waals surface area contributed by atoms with Crippen molar-refractivity contribution in [3.8, 4) is 0 Å². The smallest absolute Gasteiger partial charge is 0.237 e. The summed E-state index contributed by atoms with van der Waals surface area (Å²) in [5.41, 5.74) is -1.18. The van der Waals surface area contributed by atoms with Crippen molar-refractivity contribution in [1.29, 1.82) is 0 Å². The third kappa shape index (κ3) is 1.40. The molecular weight excluding hydrogens is 157 g/mol. The molecule has 1 amide bonds. The van der Waals surface area contributed by atoms with E-state index in [4.69, 9.17) is 11.6 Å². The number of alkyl halides is 2. The molecule has 0 aromatic heterocycles. The molecular formula is C6H9ClFNO. The van der Waals surface area contributed by atoms with Crippen LogP contribution in [0.2, 0.25) is 0 Å². The van der Waals surface area contributed by atoms with Crippen molar-refractivity contribution >= 4 is 17.5 Å². The van der Waals surface area contributed by atoms with E-state index >= 15 is 0 Å². The number of nitrogens with zero attached hydrogens (tertiary/aromatic N) is 1. The van der Waals surface area contributed by atoms with Crippen molar-refractivity contribution in [3.63, 3.8) is 0 Å². The lowest BCUT2D eigenvalue weighted by atomic mass is 9.99. The quantitative estimate of drug-likeness (QED) is 0.527. The molecule has 0 N–H and O–H groups in total. The Bertz CT molecular complexity index is 152. The third-order valence-electron chi connectivity index (χ3n) is 1.51. The maximum absolute atomic E-state index is 12.7. The van der Waals surface area contributed by atoms with E-state index in [9.17, 15) is 9.18 Å². The molecule has 58 valence electrons. The molecule has 10 heavy (non-hydrogen) atoms. The van der Waals surface area contributed by atoms with Crippen LogP contribution in [0.1, 0.15) is 6.92 Å². The Morgan fingerprint density at radius 2 is 2.30 bits per heavy atom. The standard InChI is InChI=1S/C6H9ClFNO/c1-6(8)3-9(4-6)5(10)2-7/h2-4H2,1H3. The van der Waals surface area contributed by atoms with Crippen LogP contribution in [-0.2, 0) is 4.79 Å². The lowest BCUT2D eigenvalue weighted by Crippen LogP contribution is -2.59. The Balaban J connectivity index is 2.33. The summed E-state index contributed by atoms with van der Waals surface area (Å²) in [4.78, 5) is 12.1. The monoisotopic (exact) mass is 165 g/mol. The summed E-state index contributed by atoms with van der Waals surface area (Å²) in [7, 11) is 0. The number of likely N-dealkylation sites (tertiary alicyclic amines) is 1. The summed E-state index contributed by atoms with van der Waals surface area (Å²) in [6, 6.07) is 0. The van der Waals surface area contributed by atoms with Gasteiger partial charge >= 0.3 is 0 Å². The van der Waals surface area contributed by atoms with Crippen LogP contribution >= 0.6 is 11.6 Å². The van der Waals surface area contributed by atoms with Gasteiger partial charge in [0.15, 0.2) is 0 Å². The average molecular weight is 166 g/mol. The van der Waals surface area contributed by atoms with Crippen molar-refractivity contribution in [2.75, 3.05) is 19.0 Å². The number of carbonyl (C=O) groups excluding carboxylic acids is 1. The van der Waals surface area contributed by atoms with E-state index < -0.39 is 5.67 Å². The maximum Gasteiger partial charge on any atom is 0.237 e. The lowest BCUT2D eigenvalue weighted by molar-refractivity contribution is -0.141. The van der Waals surface area contributed by atoms with E-state index in [2.05, 4.69) is 0 Å². The summed E-state index contributed by atoms with van der Waals surface area (Å²) in [5.74, 6) is -0.229. The van der Waals surface area contributed by atoms with E-state index in [0.717, 1.165) is 0 Å². The Labute approximate surface area is 63.9 Å². The fourth-order valence-corrected chi connectivity index (χ4v) is 1.18. The van der Waals surface area contributed by atoms with Gasteiger partial charge < -0.3 is 4.90 Å². The van der Waals surface area contributed by atoms with Gasteiger partial charge in [-0.15, -0.1) is 11.6 Å². The first-order chi connectivity index (χ1) is 4.55. The zero-order valence-electron chi connectivity index (χ0n) is 5.73. The largest absolute Gasteiger partial charge is 0.335 e. The second-order valence-electron chi connectivity index (χ2n) is 2.80. The molecule has 1 rings (SSSR count). The molecule has 0 unspecified atom stereocenters. The highest BCUT2D eigenvalue weighted by Gasteiger charge is 2.40. The van der Waals surface area contributed by atoms with Gasteiger partial charge in [-0.1, -0.05) is 0 Å². The van der Waals surface area contributed by atoms with Crippen LogP contribution in [0.4, 0.5) is 4.39 Å². The van der Waals surface area contributed by atoms with Crippen LogP contribution < -0.4 is 0 Å². The molecule has 0 radical (unpaired) electrons. The van der Waals surface area contributed by atoms with Gasteiger partial charge in [0.1, 0.15) is 11.5 Å². The van der Waals surface area contributed by atoms with Gasteiger partial charge in [-0.3, -0.25) is 4.79 Å². The van der Waals surface area contributed by atoms with Gasteiger partial charge in [-0.2, -0.15) is 0 Å². The highest BCUT2D eigenvalue weighted by Crippen LogP contribution is 2.24. The van der Waals surface area contributed by atoms with Crippen LogP contribution in [0, 0.1) is 0 Å². The van der Waals surface area contributed by atoms with E-state index in [0.29, 0.717) is 0 Å². The third-order valence-corrected chi connectivity index (χ3v) is 1.74. The van der Waals surface area contributed by atoms with Crippen LogP contribution in [0.25, 0.3) is 0 Å². The minimum Gasteiger partial charge on any atom is -0.335 e. The number of carbonyl (C=O) groups is 1. The van der Waals surface area contributed by atoms with Crippen molar-refractivity contribution in [1.82, 2.24) is 4.90 Å². The molecule has 0 atom stereocenters. The van der Waals surface area contributed by atoms with E-state index in [-0.39, 0.29) is 24.9 Å². The van der Waals surface area contributed by atoms with E-state index in [1.54, 1.807) is 0 Å². The summed E-state index contributed by atoms with van der Waals surface area (Å²) in [6.45, 7) is 1.86. The molecule has 1 aliphatic rings. The lowest BCUT2D eigenvalue weighted by Gasteiger charge is -2.41. The Morgan fingerprint density at radius 1 is 1.80 bits per heavy atom. The summed E-state index contributed by atoms with van der Waals surface area (Å²) >= 11 is 5.24. The zero-order chi connectivity index (χ0) is 7.78. The topological polar surface area (TPSA) is 20.3 Å². The van der Waals surface area contributed by atoms with Gasteiger partial charge in [0.05, 0.1) is 13.1 Å². The SMILES string of the molecule is CC1(F)CN(C(=O)CCl)C1. The predicted octanol–water partition coefficient (Wildman–Crippen LogP) is 0.796. The predicted molar refractivity (Wildman–Crippen MR) is 36.8 cm³/mol. The van der Waals surface area contributed by atoms with Gasteiger partial charge in [0.2, 0.25) is 5.91 Å². The molecule has 0 spiro atoms. The molecule has 0 aromatic carbocycles.